The normalized spacial score (nSPS) is 18.1. The molecule has 1 aliphatic heterocycles. The molecule has 1 heterocycles. The molecule has 2 nitrogen and oxygen atoms in total. The first-order valence-corrected chi connectivity index (χ1v) is 8.31. The van der Waals surface area contributed by atoms with E-state index in [1.807, 2.05) is 6.07 Å². The van der Waals surface area contributed by atoms with Crippen LogP contribution in [0.1, 0.15) is 49.8 Å². The molecule has 0 radical (unpaired) electrons. The highest BCUT2D eigenvalue weighted by Crippen LogP contribution is 2.34. The molecule has 20 heavy (non-hydrogen) atoms. The van der Waals surface area contributed by atoms with Gasteiger partial charge < -0.3 is 5.32 Å². The lowest BCUT2D eigenvalue weighted by molar-refractivity contribution is 0.162. The zero-order chi connectivity index (χ0) is 14.4. The second-order valence-electron chi connectivity index (χ2n) is 5.77. The number of benzene rings is 1. The van der Waals surface area contributed by atoms with E-state index in [2.05, 4.69) is 36.2 Å². The zero-order valence-corrected chi connectivity index (χ0v) is 13.5. The number of hydrogen-bond acceptors (Lipinski definition) is 2. The van der Waals surface area contributed by atoms with Crippen LogP contribution in [-0.2, 0) is 0 Å². The van der Waals surface area contributed by atoms with Crippen LogP contribution in [0.4, 0.5) is 0 Å². The quantitative estimate of drug-likeness (QED) is 0.792. The smallest absolute Gasteiger partial charge is 0.0456 e. The van der Waals surface area contributed by atoms with E-state index < -0.39 is 0 Å². The second-order valence-corrected chi connectivity index (χ2v) is 6.18. The fourth-order valence-electron chi connectivity index (χ4n) is 3.16. The van der Waals surface area contributed by atoms with Crippen molar-refractivity contribution in [2.75, 3.05) is 26.2 Å². The van der Waals surface area contributed by atoms with Crippen LogP contribution in [0, 0.1) is 6.92 Å². The number of piperazine rings is 1. The van der Waals surface area contributed by atoms with E-state index in [4.69, 9.17) is 11.6 Å². The van der Waals surface area contributed by atoms with Crippen LogP contribution in [0.25, 0.3) is 0 Å². The summed E-state index contributed by atoms with van der Waals surface area (Å²) in [5, 5.41) is 4.38. The average Bonchev–Trinajstić information content (AvgIpc) is 2.46. The Morgan fingerprint density at radius 2 is 2.00 bits per heavy atom. The number of hydrogen-bond donors (Lipinski definition) is 1. The van der Waals surface area contributed by atoms with E-state index >= 15 is 0 Å². The maximum Gasteiger partial charge on any atom is 0.0456 e. The van der Waals surface area contributed by atoms with Gasteiger partial charge in [-0.15, -0.1) is 0 Å². The molecule has 0 unspecified atom stereocenters. The highest BCUT2D eigenvalue weighted by Gasteiger charge is 2.24. The molecule has 1 atom stereocenters. The third-order valence-electron chi connectivity index (χ3n) is 4.28. The molecule has 1 aliphatic rings. The van der Waals surface area contributed by atoms with Crippen molar-refractivity contribution in [3.63, 3.8) is 0 Å². The minimum Gasteiger partial charge on any atom is -0.314 e. The predicted octanol–water partition coefficient (Wildman–Crippen LogP) is 4.18. The van der Waals surface area contributed by atoms with Gasteiger partial charge >= 0.3 is 0 Å². The molecule has 1 fully saturated rings. The third kappa shape index (κ3) is 3.97. The Morgan fingerprint density at radius 3 is 2.65 bits per heavy atom. The highest BCUT2D eigenvalue weighted by molar-refractivity contribution is 6.31. The maximum atomic E-state index is 6.51. The summed E-state index contributed by atoms with van der Waals surface area (Å²) < 4.78 is 0. The summed E-state index contributed by atoms with van der Waals surface area (Å²) in [4.78, 5) is 2.61. The van der Waals surface area contributed by atoms with Crippen molar-refractivity contribution in [1.29, 1.82) is 0 Å². The predicted molar refractivity (Wildman–Crippen MR) is 87.5 cm³/mol. The Bertz CT molecular complexity index is 393. The summed E-state index contributed by atoms with van der Waals surface area (Å²) in [6.45, 7) is 8.89. The van der Waals surface area contributed by atoms with E-state index in [1.165, 1.54) is 36.8 Å². The van der Waals surface area contributed by atoms with Gasteiger partial charge in [0.05, 0.1) is 0 Å². The Kier molecular flexibility index (Phi) is 6.34. The molecule has 0 amide bonds. The van der Waals surface area contributed by atoms with Crippen molar-refractivity contribution < 1.29 is 0 Å². The summed E-state index contributed by atoms with van der Waals surface area (Å²) in [6, 6.07) is 6.77. The average molecular weight is 295 g/mol. The van der Waals surface area contributed by atoms with Crippen LogP contribution in [0.5, 0.6) is 0 Å². The van der Waals surface area contributed by atoms with Crippen molar-refractivity contribution >= 4 is 11.6 Å². The lowest BCUT2D eigenvalue weighted by Gasteiger charge is -2.36. The van der Waals surface area contributed by atoms with Gasteiger partial charge in [0.15, 0.2) is 0 Å². The van der Waals surface area contributed by atoms with Crippen molar-refractivity contribution in [2.45, 2.75) is 45.6 Å². The van der Waals surface area contributed by atoms with Gasteiger partial charge in [-0.2, -0.15) is 0 Å². The molecule has 0 saturated carbocycles. The third-order valence-corrected chi connectivity index (χ3v) is 4.61. The Balaban J connectivity index is 2.20. The minimum absolute atomic E-state index is 0.484. The number of nitrogens with zero attached hydrogens (tertiary/aromatic N) is 1. The maximum absolute atomic E-state index is 6.51. The summed E-state index contributed by atoms with van der Waals surface area (Å²) in [5.74, 6) is 0. The van der Waals surface area contributed by atoms with Crippen molar-refractivity contribution in [3.05, 3.63) is 34.3 Å². The van der Waals surface area contributed by atoms with Gasteiger partial charge in [-0.1, -0.05) is 49.9 Å². The molecule has 0 spiro atoms. The molecule has 3 heteroatoms. The summed E-state index contributed by atoms with van der Waals surface area (Å²) in [6.07, 6.45) is 5.09. The molecular weight excluding hydrogens is 268 g/mol. The van der Waals surface area contributed by atoms with E-state index in [-0.39, 0.29) is 0 Å². The molecule has 0 bridgehead atoms. The Labute approximate surface area is 128 Å². The highest BCUT2D eigenvalue weighted by atomic mass is 35.5. The van der Waals surface area contributed by atoms with Gasteiger partial charge in [-0.25, -0.2) is 0 Å². The second kappa shape index (κ2) is 8.02. The molecule has 1 N–H and O–H groups in total. The number of halogens is 1. The van der Waals surface area contributed by atoms with Gasteiger partial charge in [0, 0.05) is 37.2 Å². The van der Waals surface area contributed by atoms with E-state index in [1.54, 1.807) is 0 Å². The first-order valence-electron chi connectivity index (χ1n) is 7.93. The molecule has 1 saturated heterocycles. The van der Waals surface area contributed by atoms with Crippen molar-refractivity contribution in [2.24, 2.45) is 0 Å². The number of aryl methyl sites for hydroxylation is 1. The van der Waals surface area contributed by atoms with E-state index in [9.17, 15) is 0 Å². The van der Waals surface area contributed by atoms with Gasteiger partial charge in [-0.3, -0.25) is 4.90 Å². The van der Waals surface area contributed by atoms with Crippen LogP contribution in [0.3, 0.4) is 0 Å². The summed E-state index contributed by atoms with van der Waals surface area (Å²) in [5.41, 5.74) is 2.68. The van der Waals surface area contributed by atoms with Crippen molar-refractivity contribution in [3.8, 4) is 0 Å². The molecule has 0 aliphatic carbocycles. The van der Waals surface area contributed by atoms with Crippen LogP contribution in [0.15, 0.2) is 18.2 Å². The SMILES string of the molecule is CCCCC[C@@H](c1c(C)cccc1Cl)N1CCNCC1. The Morgan fingerprint density at radius 1 is 1.25 bits per heavy atom. The lowest BCUT2D eigenvalue weighted by Crippen LogP contribution is -2.45. The number of unbranched alkanes of at least 4 members (excludes halogenated alkanes) is 2. The number of rotatable bonds is 6. The van der Waals surface area contributed by atoms with E-state index in [0.717, 1.165) is 31.2 Å². The van der Waals surface area contributed by atoms with Crippen LogP contribution in [-0.4, -0.2) is 31.1 Å². The monoisotopic (exact) mass is 294 g/mol. The Hall–Kier alpha value is -0.570. The lowest BCUT2D eigenvalue weighted by atomic mass is 9.94. The fourth-order valence-corrected chi connectivity index (χ4v) is 3.51. The van der Waals surface area contributed by atoms with Gasteiger partial charge in [0.25, 0.3) is 0 Å². The largest absolute Gasteiger partial charge is 0.314 e. The number of nitrogens with one attached hydrogen (secondary N) is 1. The van der Waals surface area contributed by atoms with Crippen LogP contribution < -0.4 is 5.32 Å². The minimum atomic E-state index is 0.484. The summed E-state index contributed by atoms with van der Waals surface area (Å²) in [7, 11) is 0. The molecule has 1 aromatic rings. The topological polar surface area (TPSA) is 15.3 Å². The fraction of sp³-hybridized carbons (Fsp3) is 0.647. The molecular formula is C17H27ClN2. The first-order chi connectivity index (χ1) is 9.74. The van der Waals surface area contributed by atoms with Gasteiger partial charge in [0.2, 0.25) is 0 Å². The summed E-state index contributed by atoms with van der Waals surface area (Å²) >= 11 is 6.51. The standard InChI is InChI=1S/C17H27ClN2/c1-3-4-5-9-16(20-12-10-19-11-13-20)17-14(2)7-6-8-15(17)18/h6-8,16,19H,3-5,9-13H2,1-2H3/t16-/m0/s1. The van der Waals surface area contributed by atoms with E-state index in [0.29, 0.717) is 6.04 Å². The molecule has 1 aromatic carbocycles. The van der Waals surface area contributed by atoms with Gasteiger partial charge in [-0.05, 0) is 30.5 Å². The molecule has 112 valence electrons. The first kappa shape index (κ1) is 15.8. The van der Waals surface area contributed by atoms with Gasteiger partial charge in [0.1, 0.15) is 0 Å². The van der Waals surface area contributed by atoms with Crippen molar-refractivity contribution in [1.82, 2.24) is 10.2 Å². The zero-order valence-electron chi connectivity index (χ0n) is 12.8. The molecule has 2 rings (SSSR count). The van der Waals surface area contributed by atoms with Crippen LogP contribution >= 0.6 is 11.6 Å². The van der Waals surface area contributed by atoms with Crippen LogP contribution in [0.2, 0.25) is 5.02 Å². The molecule has 0 aromatic heterocycles.